The van der Waals surface area contributed by atoms with Gasteiger partial charge >= 0.3 is 0 Å². The molecule has 28 heavy (non-hydrogen) atoms. The number of thiophene rings is 1. The third kappa shape index (κ3) is 3.76. The van der Waals surface area contributed by atoms with Crippen LogP contribution in [-0.2, 0) is 11.8 Å². The number of aromatic nitrogens is 4. The van der Waals surface area contributed by atoms with E-state index in [1.807, 2.05) is 36.1 Å². The molecule has 6 nitrogen and oxygen atoms in total. The van der Waals surface area contributed by atoms with E-state index in [1.54, 1.807) is 42.7 Å². The summed E-state index contributed by atoms with van der Waals surface area (Å²) in [6.45, 7) is 0.750. The second-order valence-corrected chi connectivity index (χ2v) is 8.76. The standard InChI is InChI=1S/C20H21N5OS2/c1-25-11-16(23-12-25)14-9-15(13-5-3-6-22-10-13)24-19-17(14)18(21)20(28-19)27-8-4-7-26-2/h3,5-6,9-12H,4,7-8,21H2,1-2H3. The molecule has 0 aliphatic heterocycles. The van der Waals surface area contributed by atoms with Crippen LogP contribution in [0.2, 0.25) is 0 Å². The maximum Gasteiger partial charge on any atom is 0.127 e. The van der Waals surface area contributed by atoms with E-state index in [4.69, 9.17) is 15.5 Å². The van der Waals surface area contributed by atoms with E-state index < -0.39 is 0 Å². The van der Waals surface area contributed by atoms with Crippen LogP contribution in [-0.4, -0.2) is 39.0 Å². The van der Waals surface area contributed by atoms with E-state index in [-0.39, 0.29) is 0 Å². The number of anilines is 1. The maximum absolute atomic E-state index is 6.56. The van der Waals surface area contributed by atoms with Gasteiger partial charge in [0.15, 0.2) is 0 Å². The minimum atomic E-state index is 0.750. The van der Waals surface area contributed by atoms with Gasteiger partial charge in [-0.15, -0.1) is 23.1 Å². The van der Waals surface area contributed by atoms with E-state index in [0.29, 0.717) is 0 Å². The monoisotopic (exact) mass is 411 g/mol. The van der Waals surface area contributed by atoms with E-state index in [1.165, 1.54) is 0 Å². The molecule has 0 saturated heterocycles. The first kappa shape index (κ1) is 18.9. The summed E-state index contributed by atoms with van der Waals surface area (Å²) in [7, 11) is 3.69. The van der Waals surface area contributed by atoms with Crippen LogP contribution in [0.4, 0.5) is 5.69 Å². The van der Waals surface area contributed by atoms with E-state index in [0.717, 1.165) is 61.4 Å². The molecule has 144 valence electrons. The van der Waals surface area contributed by atoms with Crippen LogP contribution >= 0.6 is 23.1 Å². The van der Waals surface area contributed by atoms with Gasteiger partial charge in [-0.25, -0.2) is 9.97 Å². The van der Waals surface area contributed by atoms with Crippen molar-refractivity contribution in [3.05, 3.63) is 43.1 Å². The second-order valence-electron chi connectivity index (χ2n) is 6.40. The zero-order chi connectivity index (χ0) is 19.5. The molecule has 4 heterocycles. The Hall–Kier alpha value is -2.42. The molecular weight excluding hydrogens is 390 g/mol. The first-order chi connectivity index (χ1) is 13.7. The molecule has 0 unspecified atom stereocenters. The smallest absolute Gasteiger partial charge is 0.127 e. The molecule has 0 aromatic carbocycles. The fourth-order valence-electron chi connectivity index (χ4n) is 2.99. The van der Waals surface area contributed by atoms with Crippen LogP contribution in [0.3, 0.4) is 0 Å². The summed E-state index contributed by atoms with van der Waals surface area (Å²) < 4.78 is 8.18. The van der Waals surface area contributed by atoms with Crippen LogP contribution in [0.25, 0.3) is 32.7 Å². The highest BCUT2D eigenvalue weighted by Gasteiger charge is 2.19. The molecule has 0 bridgehead atoms. The summed E-state index contributed by atoms with van der Waals surface area (Å²) in [6, 6.07) is 5.99. The number of fused-ring (bicyclic) bond motifs is 1. The molecule has 0 spiro atoms. The minimum absolute atomic E-state index is 0.750. The Morgan fingerprint density at radius 1 is 1.32 bits per heavy atom. The van der Waals surface area contributed by atoms with E-state index >= 15 is 0 Å². The lowest BCUT2D eigenvalue weighted by atomic mass is 10.1. The first-order valence-electron chi connectivity index (χ1n) is 8.91. The summed E-state index contributed by atoms with van der Waals surface area (Å²) in [4.78, 5) is 14.6. The van der Waals surface area contributed by atoms with Crippen molar-refractivity contribution in [1.82, 2.24) is 19.5 Å². The second kappa shape index (κ2) is 8.30. The lowest BCUT2D eigenvalue weighted by Crippen LogP contribution is -1.92. The van der Waals surface area contributed by atoms with Gasteiger partial charge in [0.2, 0.25) is 0 Å². The Balaban J connectivity index is 1.84. The van der Waals surface area contributed by atoms with Gasteiger partial charge in [0.25, 0.3) is 0 Å². The van der Waals surface area contributed by atoms with E-state index in [9.17, 15) is 0 Å². The first-order valence-corrected chi connectivity index (χ1v) is 10.7. The molecule has 0 saturated carbocycles. The predicted molar refractivity (Wildman–Crippen MR) is 117 cm³/mol. The molecule has 0 amide bonds. The number of methoxy groups -OCH3 is 1. The van der Waals surface area contributed by atoms with Gasteiger partial charge < -0.3 is 15.0 Å². The van der Waals surface area contributed by atoms with Gasteiger partial charge in [-0.05, 0) is 24.6 Å². The quantitative estimate of drug-likeness (QED) is 0.357. The molecule has 2 N–H and O–H groups in total. The van der Waals surface area contributed by atoms with Crippen molar-refractivity contribution in [2.75, 3.05) is 25.2 Å². The van der Waals surface area contributed by atoms with Gasteiger partial charge in [0, 0.05) is 61.6 Å². The number of ether oxygens (including phenoxy) is 1. The van der Waals surface area contributed by atoms with Crippen LogP contribution in [0.1, 0.15) is 6.42 Å². The molecule has 8 heteroatoms. The van der Waals surface area contributed by atoms with Crippen molar-refractivity contribution in [2.24, 2.45) is 7.05 Å². The maximum atomic E-state index is 6.56. The summed E-state index contributed by atoms with van der Waals surface area (Å²) in [5, 5.41) is 0.977. The van der Waals surface area contributed by atoms with Gasteiger partial charge in [0.05, 0.1) is 27.6 Å². The normalized spacial score (nSPS) is 11.4. The summed E-state index contributed by atoms with van der Waals surface area (Å²) in [5.41, 5.74) is 11.1. The average Bonchev–Trinajstić information content (AvgIpc) is 3.29. The van der Waals surface area contributed by atoms with Crippen molar-refractivity contribution in [3.63, 3.8) is 0 Å². The van der Waals surface area contributed by atoms with Crippen LogP contribution in [0, 0.1) is 0 Å². The average molecular weight is 412 g/mol. The van der Waals surface area contributed by atoms with Crippen molar-refractivity contribution in [1.29, 1.82) is 0 Å². The number of nitrogens with two attached hydrogens (primary N) is 1. The highest BCUT2D eigenvalue weighted by Crippen LogP contribution is 2.44. The Labute approximate surface area is 171 Å². The number of nitrogens with zero attached hydrogens (tertiary/aromatic N) is 4. The van der Waals surface area contributed by atoms with Crippen molar-refractivity contribution in [3.8, 4) is 22.5 Å². The Morgan fingerprint density at radius 2 is 2.21 bits per heavy atom. The van der Waals surface area contributed by atoms with Crippen LogP contribution < -0.4 is 5.73 Å². The number of hydrogen-bond acceptors (Lipinski definition) is 7. The number of aryl methyl sites for hydroxylation is 1. The molecule has 4 rings (SSSR count). The van der Waals surface area contributed by atoms with Gasteiger partial charge in [-0.2, -0.15) is 0 Å². The molecular formula is C20H21N5OS2. The lowest BCUT2D eigenvalue weighted by molar-refractivity contribution is 0.200. The zero-order valence-electron chi connectivity index (χ0n) is 15.8. The SMILES string of the molecule is COCCCSc1sc2nc(-c3cccnc3)cc(-c3cn(C)cn3)c2c1N. The molecule has 4 aromatic rings. The highest BCUT2D eigenvalue weighted by atomic mass is 32.2. The minimum Gasteiger partial charge on any atom is -0.397 e. The van der Waals surface area contributed by atoms with Crippen molar-refractivity contribution >= 4 is 39.0 Å². The third-order valence-electron chi connectivity index (χ3n) is 4.33. The highest BCUT2D eigenvalue weighted by molar-refractivity contribution is 8.01. The molecule has 0 atom stereocenters. The topological polar surface area (TPSA) is 78.9 Å². The van der Waals surface area contributed by atoms with Crippen molar-refractivity contribution in [2.45, 2.75) is 10.6 Å². The lowest BCUT2D eigenvalue weighted by Gasteiger charge is -2.06. The summed E-state index contributed by atoms with van der Waals surface area (Å²) in [6.07, 6.45) is 8.38. The van der Waals surface area contributed by atoms with Gasteiger partial charge in [-0.1, -0.05) is 0 Å². The number of rotatable bonds is 7. The summed E-state index contributed by atoms with van der Waals surface area (Å²) in [5.74, 6) is 0.958. The molecule has 0 aliphatic carbocycles. The largest absolute Gasteiger partial charge is 0.397 e. The van der Waals surface area contributed by atoms with Crippen LogP contribution in [0.15, 0.2) is 47.3 Å². The number of nitrogen functional groups attached to an aromatic ring is 1. The Kier molecular flexibility index (Phi) is 5.61. The van der Waals surface area contributed by atoms with E-state index in [2.05, 4.69) is 16.0 Å². The van der Waals surface area contributed by atoms with Crippen LogP contribution in [0.5, 0.6) is 0 Å². The Bertz CT molecular complexity index is 1090. The number of imidazole rings is 1. The van der Waals surface area contributed by atoms with Crippen molar-refractivity contribution < 1.29 is 4.74 Å². The molecule has 0 fully saturated rings. The fraction of sp³-hybridized carbons (Fsp3) is 0.250. The fourth-order valence-corrected chi connectivity index (χ4v) is 5.27. The Morgan fingerprint density at radius 3 is 2.93 bits per heavy atom. The van der Waals surface area contributed by atoms with Gasteiger partial charge in [0.1, 0.15) is 4.83 Å². The number of pyridine rings is 2. The predicted octanol–water partition coefficient (Wildman–Crippen LogP) is 4.47. The number of hydrogen-bond donors (Lipinski definition) is 1. The summed E-state index contributed by atoms with van der Waals surface area (Å²) >= 11 is 3.40. The molecule has 4 aromatic heterocycles. The third-order valence-corrected chi connectivity index (χ3v) is 6.80. The molecule has 0 radical (unpaired) electrons. The van der Waals surface area contributed by atoms with Gasteiger partial charge in [-0.3, -0.25) is 4.98 Å². The zero-order valence-corrected chi connectivity index (χ0v) is 17.4. The number of thioether (sulfide) groups is 1. The molecule has 0 aliphatic rings.